The minimum Gasteiger partial charge on any atom is -0.497 e. The van der Waals surface area contributed by atoms with Crippen molar-refractivity contribution in [3.8, 4) is 5.75 Å². The van der Waals surface area contributed by atoms with E-state index in [2.05, 4.69) is 0 Å². The molecule has 190 valence electrons. The number of rotatable bonds is 4. The maximum absolute atomic E-state index is 13.9. The summed E-state index contributed by atoms with van der Waals surface area (Å²) >= 11 is 0. The summed E-state index contributed by atoms with van der Waals surface area (Å²) in [6, 6.07) is 13.8. The second-order valence-corrected chi connectivity index (χ2v) is 9.87. The van der Waals surface area contributed by atoms with E-state index in [0.29, 0.717) is 55.9 Å². The molecule has 3 amide bonds. The third kappa shape index (κ3) is 4.46. The molecule has 36 heavy (non-hydrogen) atoms. The number of carbonyl (C=O) groups excluding carboxylic acids is 3. The minimum absolute atomic E-state index is 0.0238. The molecule has 8 heteroatoms. The van der Waals surface area contributed by atoms with Crippen LogP contribution in [0.25, 0.3) is 0 Å². The van der Waals surface area contributed by atoms with E-state index in [0.717, 1.165) is 18.4 Å². The molecule has 0 saturated carbocycles. The van der Waals surface area contributed by atoms with E-state index < -0.39 is 11.8 Å². The number of benzene rings is 2. The van der Waals surface area contributed by atoms with Crippen molar-refractivity contribution in [2.75, 3.05) is 39.9 Å². The Morgan fingerprint density at radius 1 is 0.889 bits per heavy atom. The Kier molecular flexibility index (Phi) is 6.71. The van der Waals surface area contributed by atoms with Gasteiger partial charge in [-0.2, -0.15) is 0 Å². The Morgan fingerprint density at radius 3 is 2.22 bits per heavy atom. The number of piperidine rings is 1. The smallest absolute Gasteiger partial charge is 0.256 e. The highest BCUT2D eigenvalue weighted by Crippen LogP contribution is 2.39. The Hall–Kier alpha value is -3.39. The lowest BCUT2D eigenvalue weighted by molar-refractivity contribution is -0.136. The van der Waals surface area contributed by atoms with E-state index in [1.807, 2.05) is 41.0 Å². The van der Waals surface area contributed by atoms with E-state index in [-0.39, 0.29) is 24.3 Å². The fraction of sp³-hybridized carbons (Fsp3) is 0.464. The molecule has 3 heterocycles. The first-order chi connectivity index (χ1) is 17.4. The van der Waals surface area contributed by atoms with Gasteiger partial charge in [0.1, 0.15) is 17.5 Å². The van der Waals surface area contributed by atoms with Gasteiger partial charge >= 0.3 is 0 Å². The van der Waals surface area contributed by atoms with Crippen LogP contribution in [0, 0.1) is 6.92 Å². The van der Waals surface area contributed by atoms with Crippen molar-refractivity contribution in [1.82, 2.24) is 14.7 Å². The molecule has 2 aromatic rings. The standard InChI is InChI=1S/C28H33N3O5/c1-20-6-5-7-22(18-20)25(32)30-16-12-28(13-17-30)31(26(33)21-8-10-23(35-2)11-9-21)24(19-36-28)27(34)29-14-3-4-15-29/h5-11,18,24H,3-4,12-17,19H2,1-2H3/t24-/m0/s1. The molecule has 3 saturated heterocycles. The van der Waals surface area contributed by atoms with Crippen LogP contribution in [0.3, 0.4) is 0 Å². The summed E-state index contributed by atoms with van der Waals surface area (Å²) in [6.07, 6.45) is 2.87. The van der Waals surface area contributed by atoms with Gasteiger partial charge in [0.05, 0.1) is 13.7 Å². The first-order valence-electron chi connectivity index (χ1n) is 12.7. The number of likely N-dealkylation sites (tertiary alicyclic amines) is 2. The SMILES string of the molecule is COc1ccc(C(=O)N2[C@H](C(=O)N3CCCC3)COC23CCN(C(=O)c2cccc(C)c2)CC3)cc1. The molecule has 0 radical (unpaired) electrons. The Balaban J connectivity index is 1.39. The fourth-order valence-electron chi connectivity index (χ4n) is 5.60. The first kappa shape index (κ1) is 24.3. The molecule has 1 spiro atoms. The summed E-state index contributed by atoms with van der Waals surface area (Å²) in [5.41, 5.74) is 1.26. The Bertz CT molecular complexity index is 1130. The number of ether oxygens (including phenoxy) is 2. The van der Waals surface area contributed by atoms with E-state index in [9.17, 15) is 14.4 Å². The van der Waals surface area contributed by atoms with Gasteiger partial charge < -0.3 is 19.3 Å². The van der Waals surface area contributed by atoms with Crippen molar-refractivity contribution in [2.24, 2.45) is 0 Å². The van der Waals surface area contributed by atoms with Gasteiger partial charge in [-0.15, -0.1) is 0 Å². The van der Waals surface area contributed by atoms with Crippen LogP contribution in [0.4, 0.5) is 0 Å². The Labute approximate surface area is 211 Å². The molecule has 1 atom stereocenters. The number of hydrogen-bond donors (Lipinski definition) is 0. The zero-order valence-electron chi connectivity index (χ0n) is 20.9. The molecule has 3 aliphatic rings. The topological polar surface area (TPSA) is 79.4 Å². The summed E-state index contributed by atoms with van der Waals surface area (Å²) in [5.74, 6) is 0.353. The highest BCUT2D eigenvalue weighted by molar-refractivity contribution is 5.99. The minimum atomic E-state index is -0.916. The van der Waals surface area contributed by atoms with E-state index in [4.69, 9.17) is 9.47 Å². The average molecular weight is 492 g/mol. The zero-order chi connectivity index (χ0) is 25.3. The second kappa shape index (κ2) is 9.93. The van der Waals surface area contributed by atoms with Crippen LogP contribution in [-0.2, 0) is 9.53 Å². The first-order valence-corrected chi connectivity index (χ1v) is 12.7. The predicted molar refractivity (Wildman–Crippen MR) is 134 cm³/mol. The number of amides is 3. The molecule has 5 rings (SSSR count). The predicted octanol–water partition coefficient (Wildman–Crippen LogP) is 3.10. The van der Waals surface area contributed by atoms with Crippen molar-refractivity contribution in [3.05, 3.63) is 65.2 Å². The van der Waals surface area contributed by atoms with Crippen LogP contribution >= 0.6 is 0 Å². The quantitative estimate of drug-likeness (QED) is 0.657. The van der Waals surface area contributed by atoms with E-state index in [1.165, 1.54) is 0 Å². The maximum atomic E-state index is 13.9. The van der Waals surface area contributed by atoms with Crippen LogP contribution in [-0.4, -0.2) is 84.1 Å². The van der Waals surface area contributed by atoms with Crippen LogP contribution in [0.5, 0.6) is 5.75 Å². The van der Waals surface area contributed by atoms with Gasteiger partial charge in [-0.25, -0.2) is 0 Å². The lowest BCUT2D eigenvalue weighted by Gasteiger charge is -2.44. The van der Waals surface area contributed by atoms with Crippen molar-refractivity contribution in [3.63, 3.8) is 0 Å². The van der Waals surface area contributed by atoms with Crippen LogP contribution in [0.2, 0.25) is 0 Å². The van der Waals surface area contributed by atoms with Crippen molar-refractivity contribution >= 4 is 17.7 Å². The fourth-order valence-corrected chi connectivity index (χ4v) is 5.60. The van der Waals surface area contributed by atoms with Crippen molar-refractivity contribution < 1.29 is 23.9 Å². The molecule has 0 aromatic heterocycles. The molecule has 8 nitrogen and oxygen atoms in total. The Morgan fingerprint density at radius 2 is 1.58 bits per heavy atom. The third-order valence-corrected chi connectivity index (χ3v) is 7.62. The number of methoxy groups -OCH3 is 1. The maximum Gasteiger partial charge on any atom is 0.256 e. The monoisotopic (exact) mass is 491 g/mol. The van der Waals surface area contributed by atoms with Gasteiger partial charge in [0, 0.05) is 50.1 Å². The molecular weight excluding hydrogens is 458 g/mol. The number of carbonyl (C=O) groups is 3. The molecule has 3 fully saturated rings. The van der Waals surface area contributed by atoms with Crippen LogP contribution in [0.15, 0.2) is 48.5 Å². The highest BCUT2D eigenvalue weighted by Gasteiger charge is 2.55. The van der Waals surface area contributed by atoms with E-state index in [1.54, 1.807) is 36.3 Å². The van der Waals surface area contributed by atoms with Gasteiger partial charge in [-0.1, -0.05) is 17.7 Å². The third-order valence-electron chi connectivity index (χ3n) is 7.62. The second-order valence-electron chi connectivity index (χ2n) is 9.87. The molecule has 0 aliphatic carbocycles. The number of hydrogen-bond acceptors (Lipinski definition) is 5. The van der Waals surface area contributed by atoms with Crippen LogP contribution in [0.1, 0.15) is 52.0 Å². The summed E-state index contributed by atoms with van der Waals surface area (Å²) in [7, 11) is 1.58. The largest absolute Gasteiger partial charge is 0.497 e. The van der Waals surface area contributed by atoms with Gasteiger partial charge in [0.25, 0.3) is 11.8 Å². The van der Waals surface area contributed by atoms with Gasteiger partial charge in [-0.05, 0) is 56.2 Å². The lowest BCUT2D eigenvalue weighted by atomic mass is 9.95. The average Bonchev–Trinajstić information content (AvgIpc) is 3.57. The number of aryl methyl sites for hydroxylation is 1. The molecule has 0 bridgehead atoms. The van der Waals surface area contributed by atoms with Crippen molar-refractivity contribution in [1.29, 1.82) is 0 Å². The van der Waals surface area contributed by atoms with E-state index >= 15 is 0 Å². The van der Waals surface area contributed by atoms with Gasteiger partial charge in [0.15, 0.2) is 0 Å². The molecular formula is C28H33N3O5. The zero-order valence-corrected chi connectivity index (χ0v) is 20.9. The summed E-state index contributed by atoms with van der Waals surface area (Å²) in [5, 5.41) is 0. The number of nitrogens with zero attached hydrogens (tertiary/aromatic N) is 3. The normalized spacial score (nSPS) is 21.2. The molecule has 0 unspecified atom stereocenters. The summed E-state index contributed by atoms with van der Waals surface area (Å²) < 4.78 is 11.6. The van der Waals surface area contributed by atoms with Crippen molar-refractivity contribution in [2.45, 2.75) is 44.4 Å². The van der Waals surface area contributed by atoms with Crippen LogP contribution < -0.4 is 4.74 Å². The molecule has 0 N–H and O–H groups in total. The lowest BCUT2D eigenvalue weighted by Crippen LogP contribution is -2.60. The molecule has 3 aliphatic heterocycles. The summed E-state index contributed by atoms with van der Waals surface area (Å²) in [4.78, 5) is 45.8. The van der Waals surface area contributed by atoms with Gasteiger partial charge in [0.2, 0.25) is 5.91 Å². The van der Waals surface area contributed by atoms with Gasteiger partial charge in [-0.3, -0.25) is 19.3 Å². The molecule has 2 aromatic carbocycles. The summed E-state index contributed by atoms with van der Waals surface area (Å²) in [6.45, 7) is 4.46. The highest BCUT2D eigenvalue weighted by atomic mass is 16.5.